The predicted molar refractivity (Wildman–Crippen MR) is 92.9 cm³/mol. The minimum Gasteiger partial charge on any atom is -0.392 e. The molecular formula is C18H23N3O3. The lowest BCUT2D eigenvalue weighted by molar-refractivity contribution is -0.132. The van der Waals surface area contributed by atoms with Crippen LogP contribution in [0.15, 0.2) is 29.1 Å². The molecule has 3 N–H and O–H groups in total. The van der Waals surface area contributed by atoms with Crippen LogP contribution >= 0.6 is 0 Å². The van der Waals surface area contributed by atoms with Gasteiger partial charge in [-0.15, -0.1) is 0 Å². The van der Waals surface area contributed by atoms with Crippen molar-refractivity contribution in [1.82, 2.24) is 15.2 Å². The molecule has 0 saturated heterocycles. The molecule has 24 heavy (non-hydrogen) atoms. The number of nitrogens with one attached hydrogen (secondary N) is 2. The van der Waals surface area contributed by atoms with E-state index in [-0.39, 0.29) is 11.5 Å². The first-order chi connectivity index (χ1) is 11.6. The molecule has 0 unspecified atom stereocenters. The Morgan fingerprint density at radius 1 is 1.38 bits per heavy atom. The van der Waals surface area contributed by atoms with Gasteiger partial charge in [-0.2, -0.15) is 0 Å². The summed E-state index contributed by atoms with van der Waals surface area (Å²) in [7, 11) is 0. The van der Waals surface area contributed by atoms with Crippen LogP contribution in [-0.4, -0.2) is 46.6 Å². The highest BCUT2D eigenvalue weighted by atomic mass is 16.3. The van der Waals surface area contributed by atoms with E-state index in [0.717, 1.165) is 23.1 Å². The van der Waals surface area contributed by atoms with E-state index in [9.17, 15) is 14.7 Å². The van der Waals surface area contributed by atoms with E-state index in [2.05, 4.69) is 10.3 Å². The van der Waals surface area contributed by atoms with Crippen molar-refractivity contribution in [2.45, 2.75) is 32.4 Å². The zero-order chi connectivity index (χ0) is 17.1. The summed E-state index contributed by atoms with van der Waals surface area (Å²) in [5, 5.41) is 13.9. The molecule has 1 atom stereocenters. The highest BCUT2D eigenvalue weighted by Crippen LogP contribution is 2.23. The molecule has 1 aromatic carbocycles. The molecule has 0 radical (unpaired) electrons. The van der Waals surface area contributed by atoms with Gasteiger partial charge in [0.25, 0.3) is 5.56 Å². The Kier molecular flexibility index (Phi) is 4.97. The molecular weight excluding hydrogens is 306 g/mol. The number of H-pyrrole nitrogens is 1. The third kappa shape index (κ3) is 3.49. The Labute approximate surface area is 140 Å². The summed E-state index contributed by atoms with van der Waals surface area (Å²) in [5.41, 5.74) is 1.88. The first-order valence-corrected chi connectivity index (χ1v) is 8.35. The van der Waals surface area contributed by atoms with Crippen molar-refractivity contribution in [3.05, 3.63) is 45.9 Å². The molecule has 0 spiro atoms. The van der Waals surface area contributed by atoms with E-state index in [0.29, 0.717) is 38.0 Å². The average Bonchev–Trinajstić information content (AvgIpc) is 2.58. The number of fused-ring (bicyclic) bond motifs is 3. The Balaban J connectivity index is 1.71. The van der Waals surface area contributed by atoms with Gasteiger partial charge in [0.15, 0.2) is 0 Å². The Morgan fingerprint density at radius 2 is 2.12 bits per heavy atom. The summed E-state index contributed by atoms with van der Waals surface area (Å²) in [6.07, 6.45) is 0.722. The molecule has 128 valence electrons. The first kappa shape index (κ1) is 16.7. The van der Waals surface area contributed by atoms with Crippen molar-refractivity contribution >= 4 is 16.7 Å². The number of nitrogens with zero attached hydrogens (tertiary/aromatic N) is 1. The first-order valence-electron chi connectivity index (χ1n) is 8.35. The minimum absolute atomic E-state index is 0.0627. The average molecular weight is 329 g/mol. The number of benzene rings is 1. The summed E-state index contributed by atoms with van der Waals surface area (Å²) in [6, 6.07) is 7.61. The zero-order valence-corrected chi connectivity index (χ0v) is 13.8. The van der Waals surface area contributed by atoms with Gasteiger partial charge in [0.05, 0.1) is 12.6 Å². The minimum atomic E-state index is -0.416. The Bertz CT molecular complexity index is 798. The van der Waals surface area contributed by atoms with E-state index in [1.165, 1.54) is 0 Å². The van der Waals surface area contributed by atoms with Gasteiger partial charge < -0.3 is 20.3 Å². The second-order valence-electron chi connectivity index (χ2n) is 6.33. The number of aliphatic hydroxyl groups excluding tert-OH is 1. The smallest absolute Gasteiger partial charge is 0.256 e. The predicted octanol–water partition coefficient (Wildman–Crippen LogP) is 0.773. The summed E-state index contributed by atoms with van der Waals surface area (Å²) in [4.78, 5) is 29.3. The van der Waals surface area contributed by atoms with E-state index in [1.54, 1.807) is 11.8 Å². The number of aromatic nitrogens is 1. The summed E-state index contributed by atoms with van der Waals surface area (Å²) in [6.45, 7) is 3.84. The van der Waals surface area contributed by atoms with Crippen LogP contribution in [0, 0.1) is 0 Å². The SMILES string of the molecule is C[C@@H](O)CNCCC(=O)N1CCc2c([nH]c(=O)c3ccccc23)C1. The molecule has 1 aliphatic rings. The summed E-state index contributed by atoms with van der Waals surface area (Å²) >= 11 is 0. The van der Waals surface area contributed by atoms with Gasteiger partial charge in [-0.1, -0.05) is 18.2 Å². The van der Waals surface area contributed by atoms with Crippen molar-refractivity contribution in [3.63, 3.8) is 0 Å². The molecule has 1 aliphatic heterocycles. The normalized spacial score (nSPS) is 15.3. The maximum absolute atomic E-state index is 12.3. The van der Waals surface area contributed by atoms with Crippen molar-refractivity contribution < 1.29 is 9.90 Å². The van der Waals surface area contributed by atoms with Gasteiger partial charge in [0.1, 0.15) is 0 Å². The number of aliphatic hydroxyl groups is 1. The van der Waals surface area contributed by atoms with Crippen molar-refractivity contribution in [2.75, 3.05) is 19.6 Å². The van der Waals surface area contributed by atoms with Gasteiger partial charge >= 0.3 is 0 Å². The lowest BCUT2D eigenvalue weighted by Gasteiger charge is -2.29. The second-order valence-corrected chi connectivity index (χ2v) is 6.33. The van der Waals surface area contributed by atoms with Crippen LogP contribution in [0.5, 0.6) is 0 Å². The van der Waals surface area contributed by atoms with Gasteiger partial charge in [-0.05, 0) is 30.4 Å². The number of amides is 1. The maximum atomic E-state index is 12.3. The molecule has 1 aromatic heterocycles. The maximum Gasteiger partial charge on any atom is 0.256 e. The largest absolute Gasteiger partial charge is 0.392 e. The third-order valence-electron chi connectivity index (χ3n) is 4.41. The molecule has 0 aliphatic carbocycles. The number of hydrogen-bond donors (Lipinski definition) is 3. The van der Waals surface area contributed by atoms with Crippen LogP contribution in [0.25, 0.3) is 10.8 Å². The van der Waals surface area contributed by atoms with Gasteiger partial charge in [0.2, 0.25) is 5.91 Å². The molecule has 3 rings (SSSR count). The van der Waals surface area contributed by atoms with E-state index < -0.39 is 6.10 Å². The fourth-order valence-corrected chi connectivity index (χ4v) is 3.20. The molecule has 0 saturated carbocycles. The number of carbonyl (C=O) groups is 1. The zero-order valence-electron chi connectivity index (χ0n) is 13.8. The Hall–Kier alpha value is -2.18. The topological polar surface area (TPSA) is 85.4 Å². The summed E-state index contributed by atoms with van der Waals surface area (Å²) < 4.78 is 0. The van der Waals surface area contributed by atoms with Crippen molar-refractivity contribution in [2.24, 2.45) is 0 Å². The summed E-state index contributed by atoms with van der Waals surface area (Å²) in [5.74, 6) is 0.0627. The van der Waals surface area contributed by atoms with Crippen molar-refractivity contribution in [3.8, 4) is 0 Å². The van der Waals surface area contributed by atoms with Crippen LogP contribution in [0.1, 0.15) is 24.6 Å². The van der Waals surface area contributed by atoms with Gasteiger partial charge in [-0.25, -0.2) is 0 Å². The number of hydrogen-bond acceptors (Lipinski definition) is 4. The lowest BCUT2D eigenvalue weighted by Crippen LogP contribution is -2.39. The third-order valence-corrected chi connectivity index (χ3v) is 4.41. The highest BCUT2D eigenvalue weighted by Gasteiger charge is 2.23. The van der Waals surface area contributed by atoms with Gasteiger partial charge in [-0.3, -0.25) is 9.59 Å². The molecule has 0 fully saturated rings. The molecule has 1 amide bonds. The monoisotopic (exact) mass is 329 g/mol. The van der Waals surface area contributed by atoms with Crippen LogP contribution in [0.4, 0.5) is 0 Å². The van der Waals surface area contributed by atoms with E-state index in [1.807, 2.05) is 24.3 Å². The van der Waals surface area contributed by atoms with Crippen LogP contribution in [0.2, 0.25) is 0 Å². The van der Waals surface area contributed by atoms with Gasteiger partial charge in [0, 0.05) is 37.1 Å². The lowest BCUT2D eigenvalue weighted by atomic mass is 9.98. The second kappa shape index (κ2) is 7.15. The van der Waals surface area contributed by atoms with E-state index in [4.69, 9.17) is 0 Å². The number of rotatable bonds is 5. The quantitative estimate of drug-likeness (QED) is 0.708. The number of pyridine rings is 1. The van der Waals surface area contributed by atoms with Crippen molar-refractivity contribution in [1.29, 1.82) is 0 Å². The molecule has 2 heterocycles. The Morgan fingerprint density at radius 3 is 2.88 bits per heavy atom. The molecule has 6 nitrogen and oxygen atoms in total. The molecule has 2 aromatic rings. The molecule has 0 bridgehead atoms. The van der Waals surface area contributed by atoms with Crippen LogP contribution in [0.3, 0.4) is 0 Å². The fourth-order valence-electron chi connectivity index (χ4n) is 3.20. The highest BCUT2D eigenvalue weighted by molar-refractivity contribution is 5.86. The van der Waals surface area contributed by atoms with E-state index >= 15 is 0 Å². The molecule has 6 heteroatoms. The van der Waals surface area contributed by atoms with Crippen LogP contribution < -0.4 is 10.9 Å². The number of aromatic amines is 1. The van der Waals surface area contributed by atoms with Crippen LogP contribution in [-0.2, 0) is 17.8 Å². The fraction of sp³-hybridized carbons (Fsp3) is 0.444. The standard InChI is InChI=1S/C18H23N3O3/c1-12(22)10-19-8-6-17(23)21-9-7-14-13-4-2-3-5-15(13)18(24)20-16(14)11-21/h2-5,12,19,22H,6-11H2,1H3,(H,20,24)/t12-/m1/s1. The number of carbonyl (C=O) groups excluding carboxylic acids is 1.